The second-order valence-electron chi connectivity index (χ2n) is 11.0. The van der Waals surface area contributed by atoms with E-state index in [1.807, 2.05) is 33.8 Å². The van der Waals surface area contributed by atoms with E-state index < -0.39 is 24.2 Å². The summed E-state index contributed by atoms with van der Waals surface area (Å²) in [5.74, 6) is -0.398. The monoisotopic (exact) mass is 527 g/mol. The van der Waals surface area contributed by atoms with E-state index >= 15 is 0 Å². The molecule has 0 unspecified atom stereocenters. The van der Waals surface area contributed by atoms with Crippen molar-refractivity contribution in [3.8, 4) is 17.0 Å². The summed E-state index contributed by atoms with van der Waals surface area (Å²) in [6.45, 7) is 7.05. The number of aryl methyl sites for hydroxylation is 1. The molecular formula is C26H36ClF2N3O4. The van der Waals surface area contributed by atoms with Crippen molar-refractivity contribution >= 4 is 17.5 Å². The van der Waals surface area contributed by atoms with Crippen LogP contribution in [-0.2, 0) is 13.0 Å². The third kappa shape index (κ3) is 6.55. The molecule has 0 saturated heterocycles. The highest BCUT2D eigenvalue weighted by molar-refractivity contribution is 6.36. The summed E-state index contributed by atoms with van der Waals surface area (Å²) >= 11 is 6.60. The van der Waals surface area contributed by atoms with Crippen LogP contribution in [0.15, 0.2) is 18.2 Å². The van der Waals surface area contributed by atoms with Crippen LogP contribution < -0.4 is 10.1 Å². The van der Waals surface area contributed by atoms with Gasteiger partial charge in [0.2, 0.25) is 0 Å². The lowest BCUT2D eigenvalue weighted by atomic mass is 9.77. The van der Waals surface area contributed by atoms with Crippen molar-refractivity contribution in [2.75, 3.05) is 6.54 Å². The molecule has 3 atom stereocenters. The van der Waals surface area contributed by atoms with Crippen molar-refractivity contribution in [2.45, 2.75) is 85.2 Å². The molecular weight excluding hydrogens is 492 g/mol. The van der Waals surface area contributed by atoms with Gasteiger partial charge < -0.3 is 20.3 Å². The van der Waals surface area contributed by atoms with E-state index in [2.05, 4.69) is 10.4 Å². The Morgan fingerprint density at radius 3 is 2.67 bits per heavy atom. The molecule has 200 valence electrons. The second-order valence-corrected chi connectivity index (χ2v) is 11.3. The van der Waals surface area contributed by atoms with Gasteiger partial charge in [-0.1, -0.05) is 45.4 Å². The maximum absolute atomic E-state index is 13.3. The summed E-state index contributed by atoms with van der Waals surface area (Å²) in [7, 11) is 0. The quantitative estimate of drug-likeness (QED) is 0.446. The summed E-state index contributed by atoms with van der Waals surface area (Å²) in [5, 5.41) is 28.1. The standard InChI is InChI=1S/C26H36ClF2N3O4/c1-6-32-22(17-8-7-16(13-25(3,4)5)12-18(17)36-24(28)29)20(27)21(31-32)23(34)30-14-26(35)10-9-15(2)11-19(26)33/h7-8,12,15,19,24,33,35H,6,9-11,13-14H2,1-5H3,(H,30,34)/t15-,19-,26-/m1/s1. The Morgan fingerprint density at radius 2 is 2.08 bits per heavy atom. The Kier molecular flexibility index (Phi) is 8.68. The number of carbonyl (C=O) groups is 1. The number of hydrogen-bond donors (Lipinski definition) is 3. The number of benzene rings is 1. The van der Waals surface area contributed by atoms with E-state index in [0.717, 1.165) is 12.0 Å². The van der Waals surface area contributed by atoms with Crippen LogP contribution in [-0.4, -0.2) is 50.8 Å². The lowest BCUT2D eigenvalue weighted by Crippen LogP contribution is -2.54. The van der Waals surface area contributed by atoms with Crippen LogP contribution in [0.3, 0.4) is 0 Å². The highest BCUT2D eigenvalue weighted by Crippen LogP contribution is 2.39. The Bertz CT molecular complexity index is 1090. The largest absolute Gasteiger partial charge is 0.434 e. The number of nitrogens with one attached hydrogen (secondary N) is 1. The minimum Gasteiger partial charge on any atom is -0.434 e. The summed E-state index contributed by atoms with van der Waals surface area (Å²) in [6.07, 6.45) is 1.22. The first kappa shape index (κ1) is 28.3. The topological polar surface area (TPSA) is 96.6 Å². The highest BCUT2D eigenvalue weighted by atomic mass is 35.5. The summed E-state index contributed by atoms with van der Waals surface area (Å²) in [5.41, 5.74) is -0.198. The van der Waals surface area contributed by atoms with Gasteiger partial charge in [-0.2, -0.15) is 13.9 Å². The van der Waals surface area contributed by atoms with Crippen LogP contribution in [0.2, 0.25) is 5.02 Å². The first-order chi connectivity index (χ1) is 16.7. The van der Waals surface area contributed by atoms with Gasteiger partial charge in [0.05, 0.1) is 16.8 Å². The minimum atomic E-state index is -3.04. The number of hydrogen-bond acceptors (Lipinski definition) is 5. The van der Waals surface area contributed by atoms with Crippen molar-refractivity contribution in [3.05, 3.63) is 34.5 Å². The molecule has 0 spiro atoms. The Labute approximate surface area is 215 Å². The molecule has 0 aliphatic heterocycles. The Balaban J connectivity index is 1.92. The molecule has 1 aromatic carbocycles. The average molecular weight is 528 g/mol. The maximum atomic E-state index is 13.3. The molecule has 1 aliphatic carbocycles. The molecule has 3 N–H and O–H groups in total. The van der Waals surface area contributed by atoms with Crippen molar-refractivity contribution in [1.29, 1.82) is 0 Å². The molecule has 36 heavy (non-hydrogen) atoms. The van der Waals surface area contributed by atoms with Gasteiger partial charge in [0.25, 0.3) is 5.91 Å². The first-order valence-corrected chi connectivity index (χ1v) is 12.6. The highest BCUT2D eigenvalue weighted by Gasteiger charge is 2.40. The summed E-state index contributed by atoms with van der Waals surface area (Å²) < 4.78 is 32.9. The normalized spacial score (nSPS) is 22.6. The number of halogens is 3. The smallest absolute Gasteiger partial charge is 0.387 e. The van der Waals surface area contributed by atoms with Gasteiger partial charge >= 0.3 is 6.61 Å². The molecule has 1 aromatic heterocycles. The second kappa shape index (κ2) is 11.0. The van der Waals surface area contributed by atoms with Crippen molar-refractivity contribution < 1.29 is 28.5 Å². The fraction of sp³-hybridized carbons (Fsp3) is 0.615. The minimum absolute atomic E-state index is 0.0122. The number of aliphatic hydroxyl groups excluding tert-OH is 1. The molecule has 1 saturated carbocycles. The van der Waals surface area contributed by atoms with Gasteiger partial charge in [0.1, 0.15) is 11.4 Å². The van der Waals surface area contributed by atoms with Crippen molar-refractivity contribution in [3.63, 3.8) is 0 Å². The molecule has 2 aromatic rings. The Hall–Kier alpha value is -2.23. The number of carbonyl (C=O) groups excluding carboxylic acids is 1. The van der Waals surface area contributed by atoms with E-state index in [1.54, 1.807) is 19.1 Å². The number of aliphatic hydroxyl groups is 2. The maximum Gasteiger partial charge on any atom is 0.387 e. The zero-order valence-electron chi connectivity index (χ0n) is 21.4. The van der Waals surface area contributed by atoms with Gasteiger partial charge in [0, 0.05) is 18.7 Å². The number of nitrogens with zero attached hydrogens (tertiary/aromatic N) is 2. The summed E-state index contributed by atoms with van der Waals surface area (Å²) in [4.78, 5) is 13.0. The third-order valence-corrected chi connectivity index (χ3v) is 6.89. The van der Waals surface area contributed by atoms with E-state index in [0.29, 0.717) is 31.4 Å². The fourth-order valence-corrected chi connectivity index (χ4v) is 4.98. The van der Waals surface area contributed by atoms with Gasteiger partial charge in [-0.05, 0) is 61.6 Å². The molecule has 1 aliphatic rings. The molecule has 10 heteroatoms. The number of ether oxygens (including phenoxy) is 1. The van der Waals surface area contributed by atoms with Crippen LogP contribution in [0, 0.1) is 11.3 Å². The van der Waals surface area contributed by atoms with Gasteiger partial charge in [-0.3, -0.25) is 9.48 Å². The lowest BCUT2D eigenvalue weighted by Gasteiger charge is -2.39. The van der Waals surface area contributed by atoms with Crippen LogP contribution >= 0.6 is 11.6 Å². The van der Waals surface area contributed by atoms with E-state index in [9.17, 15) is 23.8 Å². The first-order valence-electron chi connectivity index (χ1n) is 12.3. The van der Waals surface area contributed by atoms with Crippen LogP contribution in [0.25, 0.3) is 11.3 Å². The van der Waals surface area contributed by atoms with Crippen molar-refractivity contribution in [1.82, 2.24) is 15.1 Å². The Morgan fingerprint density at radius 1 is 1.39 bits per heavy atom. The third-order valence-electron chi connectivity index (χ3n) is 6.53. The predicted molar refractivity (Wildman–Crippen MR) is 134 cm³/mol. The molecule has 7 nitrogen and oxygen atoms in total. The molecule has 0 bridgehead atoms. The predicted octanol–water partition coefficient (Wildman–Crippen LogP) is 5.06. The average Bonchev–Trinajstić information content (AvgIpc) is 3.10. The van der Waals surface area contributed by atoms with Gasteiger partial charge in [-0.15, -0.1) is 0 Å². The van der Waals surface area contributed by atoms with Crippen LogP contribution in [0.4, 0.5) is 8.78 Å². The number of aromatic nitrogens is 2. The van der Waals surface area contributed by atoms with E-state index in [4.69, 9.17) is 16.3 Å². The molecule has 0 radical (unpaired) electrons. The van der Waals surface area contributed by atoms with Crippen LogP contribution in [0.5, 0.6) is 5.75 Å². The summed E-state index contributed by atoms with van der Waals surface area (Å²) in [6, 6.07) is 5.04. The molecule has 3 rings (SSSR count). The van der Waals surface area contributed by atoms with E-state index in [1.165, 1.54) is 4.68 Å². The fourth-order valence-electron chi connectivity index (χ4n) is 4.65. The zero-order valence-corrected chi connectivity index (χ0v) is 22.2. The zero-order chi connectivity index (χ0) is 26.8. The number of alkyl halides is 2. The number of amides is 1. The van der Waals surface area contributed by atoms with Gasteiger partial charge in [0.15, 0.2) is 5.69 Å². The number of rotatable bonds is 8. The van der Waals surface area contributed by atoms with E-state index in [-0.39, 0.29) is 40.0 Å². The lowest BCUT2D eigenvalue weighted by molar-refractivity contribution is -0.106. The molecule has 1 fully saturated rings. The van der Waals surface area contributed by atoms with Crippen LogP contribution in [0.1, 0.15) is 69.9 Å². The molecule has 1 amide bonds. The van der Waals surface area contributed by atoms with Crippen molar-refractivity contribution in [2.24, 2.45) is 11.3 Å². The van der Waals surface area contributed by atoms with Gasteiger partial charge in [-0.25, -0.2) is 0 Å². The SMILES string of the molecule is CCn1nc(C(=O)NC[C@]2(O)CC[C@@H](C)C[C@H]2O)c(Cl)c1-c1ccc(CC(C)(C)C)cc1OC(F)F. The molecule has 1 heterocycles.